The van der Waals surface area contributed by atoms with Crippen LogP contribution in [0, 0.1) is 0 Å². The molecule has 9 heteroatoms. The van der Waals surface area contributed by atoms with Crippen LogP contribution in [0.3, 0.4) is 0 Å². The maximum Gasteiger partial charge on any atom is 0.260 e. The smallest absolute Gasteiger partial charge is 0.260 e. The molecular weight excluding hydrogens is 505 g/mol. The van der Waals surface area contributed by atoms with Gasteiger partial charge in [-0.25, -0.2) is 4.98 Å². The molecular formula is C26H33Cl2N3O3S. The molecule has 4 rings (SSSR count). The summed E-state index contributed by atoms with van der Waals surface area (Å²) in [5.41, 5.74) is 1.36. The number of halogens is 2. The van der Waals surface area contributed by atoms with Crippen LogP contribution >= 0.6 is 35.3 Å². The summed E-state index contributed by atoms with van der Waals surface area (Å²) in [6.07, 6.45) is 4.21. The second-order valence-corrected chi connectivity index (χ2v) is 9.84. The lowest BCUT2D eigenvalue weighted by Gasteiger charge is -2.27. The number of hydrogen-bond acceptors (Lipinski definition) is 6. The Morgan fingerprint density at radius 3 is 2.63 bits per heavy atom. The van der Waals surface area contributed by atoms with Crippen LogP contribution in [0.25, 0.3) is 10.2 Å². The van der Waals surface area contributed by atoms with Crippen LogP contribution in [0.4, 0.5) is 5.13 Å². The molecule has 0 unspecified atom stereocenters. The van der Waals surface area contributed by atoms with E-state index in [9.17, 15) is 4.79 Å². The van der Waals surface area contributed by atoms with Gasteiger partial charge in [0.2, 0.25) is 0 Å². The minimum Gasteiger partial charge on any atom is -0.494 e. The Labute approximate surface area is 222 Å². The lowest BCUT2D eigenvalue weighted by molar-refractivity contribution is 0.0376. The first-order valence-corrected chi connectivity index (χ1v) is 13.2. The average Bonchev–Trinajstić information content (AvgIpc) is 3.31. The van der Waals surface area contributed by atoms with E-state index in [2.05, 4.69) is 11.8 Å². The molecule has 0 radical (unpaired) electrons. The number of rotatable bonds is 11. The molecule has 2 heterocycles. The molecule has 35 heavy (non-hydrogen) atoms. The maximum atomic E-state index is 13.6. The molecule has 1 amide bonds. The van der Waals surface area contributed by atoms with Gasteiger partial charge in [-0.2, -0.15) is 0 Å². The molecule has 0 aliphatic carbocycles. The highest BCUT2D eigenvalue weighted by Gasteiger charge is 2.22. The summed E-state index contributed by atoms with van der Waals surface area (Å²) in [5.74, 6) is 0.730. The van der Waals surface area contributed by atoms with E-state index in [1.54, 1.807) is 4.90 Å². The summed E-state index contributed by atoms with van der Waals surface area (Å²) in [6, 6.07) is 13.2. The number of anilines is 1. The minimum absolute atomic E-state index is 0. The highest BCUT2D eigenvalue weighted by atomic mass is 35.5. The van der Waals surface area contributed by atoms with Gasteiger partial charge in [0.15, 0.2) is 5.13 Å². The van der Waals surface area contributed by atoms with Crippen molar-refractivity contribution < 1.29 is 14.3 Å². The van der Waals surface area contributed by atoms with E-state index in [4.69, 9.17) is 26.1 Å². The van der Waals surface area contributed by atoms with Gasteiger partial charge >= 0.3 is 0 Å². The zero-order chi connectivity index (χ0) is 23.8. The van der Waals surface area contributed by atoms with Crippen LogP contribution in [0.1, 0.15) is 43.0 Å². The van der Waals surface area contributed by atoms with Crippen molar-refractivity contribution in [2.45, 2.75) is 32.6 Å². The summed E-state index contributed by atoms with van der Waals surface area (Å²) in [5, 5.41) is 1.28. The third-order valence-corrected chi connectivity index (χ3v) is 7.26. The van der Waals surface area contributed by atoms with Gasteiger partial charge in [-0.1, -0.05) is 48.8 Å². The number of amides is 1. The molecule has 6 nitrogen and oxygen atoms in total. The van der Waals surface area contributed by atoms with Crippen molar-refractivity contribution in [2.24, 2.45) is 0 Å². The predicted octanol–water partition coefficient (Wildman–Crippen LogP) is 6.31. The number of unbranched alkanes of at least 4 members (excludes halogenated alkanes) is 2. The third kappa shape index (κ3) is 7.54. The Hall–Kier alpha value is -1.90. The van der Waals surface area contributed by atoms with Crippen LogP contribution in [-0.4, -0.2) is 61.8 Å². The SMILES string of the molecule is CCCCCOc1ccc(C(=O)N(CCCN2CCOCC2)c2nc3c(Cl)cccc3s2)cc1.Cl. The molecule has 0 bridgehead atoms. The number of benzene rings is 2. The largest absolute Gasteiger partial charge is 0.494 e. The molecule has 1 aliphatic rings. The molecule has 0 N–H and O–H groups in total. The van der Waals surface area contributed by atoms with Crippen molar-refractivity contribution in [1.82, 2.24) is 9.88 Å². The maximum absolute atomic E-state index is 13.6. The summed E-state index contributed by atoms with van der Waals surface area (Å²) >= 11 is 7.86. The fraction of sp³-hybridized carbons (Fsp3) is 0.462. The normalized spacial score (nSPS) is 14.0. The van der Waals surface area contributed by atoms with Gasteiger partial charge in [0.25, 0.3) is 5.91 Å². The van der Waals surface area contributed by atoms with Crippen molar-refractivity contribution in [3.8, 4) is 5.75 Å². The van der Waals surface area contributed by atoms with Crippen LogP contribution in [0.2, 0.25) is 5.02 Å². The molecule has 0 saturated carbocycles. The molecule has 0 spiro atoms. The fourth-order valence-electron chi connectivity index (χ4n) is 3.97. The number of carbonyl (C=O) groups excluding carboxylic acids is 1. The van der Waals surface area contributed by atoms with Crippen molar-refractivity contribution in [2.75, 3.05) is 50.9 Å². The number of para-hydroxylation sites is 1. The first-order valence-electron chi connectivity index (χ1n) is 12.1. The Morgan fingerprint density at radius 2 is 1.91 bits per heavy atom. The number of fused-ring (bicyclic) bond motifs is 1. The fourth-order valence-corrected chi connectivity index (χ4v) is 5.26. The van der Waals surface area contributed by atoms with E-state index < -0.39 is 0 Å². The van der Waals surface area contributed by atoms with Gasteiger partial charge in [0.1, 0.15) is 11.3 Å². The quantitative estimate of drug-likeness (QED) is 0.268. The topological polar surface area (TPSA) is 54.9 Å². The van der Waals surface area contributed by atoms with Crippen molar-refractivity contribution in [1.29, 1.82) is 0 Å². The van der Waals surface area contributed by atoms with E-state index in [1.165, 1.54) is 11.3 Å². The zero-order valence-electron chi connectivity index (χ0n) is 20.1. The summed E-state index contributed by atoms with van der Waals surface area (Å²) in [4.78, 5) is 22.5. The number of morpholine rings is 1. The summed E-state index contributed by atoms with van der Waals surface area (Å²) in [6.45, 7) is 7.78. The van der Waals surface area contributed by atoms with Gasteiger partial charge in [0.05, 0.1) is 29.5 Å². The van der Waals surface area contributed by atoms with E-state index >= 15 is 0 Å². The number of aromatic nitrogens is 1. The van der Waals surface area contributed by atoms with Gasteiger partial charge in [-0.3, -0.25) is 14.6 Å². The van der Waals surface area contributed by atoms with Gasteiger partial charge < -0.3 is 9.47 Å². The number of carbonyl (C=O) groups is 1. The summed E-state index contributed by atoms with van der Waals surface area (Å²) < 4.78 is 12.2. The highest BCUT2D eigenvalue weighted by Crippen LogP contribution is 2.33. The van der Waals surface area contributed by atoms with Gasteiger partial charge in [0, 0.05) is 31.7 Å². The summed E-state index contributed by atoms with van der Waals surface area (Å²) in [7, 11) is 0. The van der Waals surface area contributed by atoms with Crippen LogP contribution in [0.15, 0.2) is 42.5 Å². The standard InChI is InChI=1S/C26H32ClN3O3S.ClH/c1-2-3-4-17-33-21-11-9-20(10-12-21)25(31)30(14-6-13-29-15-18-32-19-16-29)26-28-24-22(27)7-5-8-23(24)34-26;/h5,7-12H,2-4,6,13-19H2,1H3;1H. The second kappa shape index (κ2) is 14.0. The molecule has 3 aromatic rings. The van der Waals surface area contributed by atoms with Gasteiger partial charge in [-0.05, 0) is 49.2 Å². The number of nitrogens with zero attached hydrogens (tertiary/aromatic N) is 3. The van der Waals surface area contributed by atoms with Crippen LogP contribution in [-0.2, 0) is 4.74 Å². The molecule has 2 aromatic carbocycles. The van der Waals surface area contributed by atoms with E-state index in [-0.39, 0.29) is 18.3 Å². The highest BCUT2D eigenvalue weighted by molar-refractivity contribution is 7.22. The minimum atomic E-state index is -0.0605. The Balaban J connectivity index is 0.00000342. The van der Waals surface area contributed by atoms with Crippen LogP contribution in [0.5, 0.6) is 5.75 Å². The Kier molecular flexibility index (Phi) is 11.1. The van der Waals surface area contributed by atoms with E-state index in [0.29, 0.717) is 28.9 Å². The van der Waals surface area contributed by atoms with Gasteiger partial charge in [-0.15, -0.1) is 12.4 Å². The van der Waals surface area contributed by atoms with Crippen molar-refractivity contribution in [3.63, 3.8) is 0 Å². The monoisotopic (exact) mass is 537 g/mol. The van der Waals surface area contributed by atoms with Crippen LogP contribution < -0.4 is 9.64 Å². The molecule has 1 saturated heterocycles. The first-order chi connectivity index (χ1) is 16.7. The molecule has 0 atom stereocenters. The van der Waals surface area contributed by atoms with E-state index in [1.807, 2.05) is 42.5 Å². The lowest BCUT2D eigenvalue weighted by Crippen LogP contribution is -2.39. The molecule has 1 aliphatic heterocycles. The van der Waals surface area contributed by atoms with Crippen molar-refractivity contribution >= 4 is 56.6 Å². The second-order valence-electron chi connectivity index (χ2n) is 8.43. The predicted molar refractivity (Wildman–Crippen MR) is 147 cm³/mol. The third-order valence-electron chi connectivity index (χ3n) is 5.91. The van der Waals surface area contributed by atoms with Crippen molar-refractivity contribution in [3.05, 3.63) is 53.1 Å². The number of ether oxygens (including phenoxy) is 2. The molecule has 1 fully saturated rings. The number of thiazole rings is 1. The zero-order valence-corrected chi connectivity index (χ0v) is 22.5. The number of hydrogen-bond donors (Lipinski definition) is 0. The van der Waals surface area contributed by atoms with E-state index in [0.717, 1.165) is 74.5 Å². The first kappa shape index (κ1) is 27.7. The lowest BCUT2D eigenvalue weighted by atomic mass is 10.2. The molecule has 1 aromatic heterocycles. The Bertz CT molecular complexity index is 1070. The molecule has 190 valence electrons. The Morgan fingerprint density at radius 1 is 1.14 bits per heavy atom. The average molecular weight is 539 g/mol.